The van der Waals surface area contributed by atoms with Crippen LogP contribution in [0.4, 0.5) is 5.82 Å². The summed E-state index contributed by atoms with van der Waals surface area (Å²) in [4.78, 5) is 8.19. The van der Waals surface area contributed by atoms with Gasteiger partial charge in [0.05, 0.1) is 0 Å². The van der Waals surface area contributed by atoms with E-state index in [0.717, 1.165) is 12.2 Å². The van der Waals surface area contributed by atoms with Crippen LogP contribution in [-0.2, 0) is 6.42 Å². The molecule has 0 fully saturated rings. The molecule has 2 aromatic carbocycles. The van der Waals surface area contributed by atoms with E-state index in [1.807, 2.05) is 6.92 Å². The fraction of sp³-hybridized carbons (Fsp3) is 0.222. The number of fused-ring (bicyclic) bond motifs is 1. The van der Waals surface area contributed by atoms with Crippen LogP contribution in [-0.4, -0.2) is 11.2 Å². The highest BCUT2D eigenvalue weighted by atomic mass is 14.9. The first kappa shape index (κ1) is 19.2. The van der Waals surface area contributed by atoms with E-state index in [4.69, 9.17) is 4.99 Å². The topological polar surface area (TPSA) is 28.1 Å². The van der Waals surface area contributed by atoms with Crippen LogP contribution in [0.1, 0.15) is 26.3 Å². The first-order chi connectivity index (χ1) is 14.1. The summed E-state index contributed by atoms with van der Waals surface area (Å²) >= 11 is 0. The smallest absolute Gasteiger partial charge is 0.133 e. The number of nitrogens with zero attached hydrogens (tertiary/aromatic N) is 1. The number of rotatable bonds is 5. The summed E-state index contributed by atoms with van der Waals surface area (Å²) in [6.45, 7) is 6.62. The Bertz CT molecular complexity index is 1060. The third-order valence-corrected chi connectivity index (χ3v) is 5.86. The average Bonchev–Trinajstić information content (AvgIpc) is 3.18. The predicted octanol–water partition coefficient (Wildman–Crippen LogP) is 7.38. The fourth-order valence-corrected chi connectivity index (χ4v) is 4.02. The van der Waals surface area contributed by atoms with E-state index < -0.39 is 0 Å². The Kier molecular flexibility index (Phi) is 5.35. The number of hydrogen-bond donors (Lipinski definition) is 1. The molecule has 1 aliphatic heterocycles. The van der Waals surface area contributed by atoms with Crippen LogP contribution in [0.3, 0.4) is 0 Å². The SMILES string of the molecule is C/C=C\C=C/C(C)(C)C1C=Nc2[nH]cc(-c3ccccc3-c3ccccc3)c2C1. The highest BCUT2D eigenvalue weighted by Crippen LogP contribution is 2.42. The van der Waals surface area contributed by atoms with Gasteiger partial charge >= 0.3 is 0 Å². The van der Waals surface area contributed by atoms with E-state index in [2.05, 4.69) is 110 Å². The van der Waals surface area contributed by atoms with Gasteiger partial charge in [0, 0.05) is 29.5 Å². The van der Waals surface area contributed by atoms with Gasteiger partial charge in [0.15, 0.2) is 0 Å². The maximum atomic E-state index is 4.79. The lowest BCUT2D eigenvalue weighted by molar-refractivity contribution is 0.367. The maximum Gasteiger partial charge on any atom is 0.133 e. The highest BCUT2D eigenvalue weighted by molar-refractivity contribution is 5.87. The molecule has 0 amide bonds. The fourth-order valence-electron chi connectivity index (χ4n) is 4.02. The van der Waals surface area contributed by atoms with E-state index in [9.17, 15) is 0 Å². The molecule has 2 nitrogen and oxygen atoms in total. The molecule has 29 heavy (non-hydrogen) atoms. The minimum absolute atomic E-state index is 0.0359. The summed E-state index contributed by atoms with van der Waals surface area (Å²) in [5.41, 5.74) is 6.36. The zero-order valence-electron chi connectivity index (χ0n) is 17.4. The monoisotopic (exact) mass is 380 g/mol. The van der Waals surface area contributed by atoms with Gasteiger partial charge in [0.1, 0.15) is 5.82 Å². The van der Waals surface area contributed by atoms with Gasteiger partial charge in [0.25, 0.3) is 0 Å². The van der Waals surface area contributed by atoms with Crippen molar-refractivity contribution >= 4 is 12.0 Å². The molecule has 1 aliphatic rings. The molecule has 1 unspecified atom stereocenters. The Hall–Kier alpha value is -3.13. The molecule has 146 valence electrons. The van der Waals surface area contributed by atoms with E-state index >= 15 is 0 Å². The van der Waals surface area contributed by atoms with Gasteiger partial charge in [-0.2, -0.15) is 0 Å². The Morgan fingerprint density at radius 1 is 0.931 bits per heavy atom. The standard InChI is InChI=1S/C27H28N2/c1-4-5-11-16-27(2,3)21-17-24-25(19-29-26(24)28-18-21)23-15-10-9-14-22(23)20-12-7-6-8-13-20/h4-16,18-19,21,29H,17H2,1-3H3/b5-4-,16-11-. The molecule has 0 saturated heterocycles. The van der Waals surface area contributed by atoms with Crippen molar-refractivity contribution in [3.63, 3.8) is 0 Å². The van der Waals surface area contributed by atoms with Crippen LogP contribution in [0.5, 0.6) is 0 Å². The molecule has 0 radical (unpaired) electrons. The molecule has 2 heterocycles. The molecule has 1 N–H and O–H groups in total. The highest BCUT2D eigenvalue weighted by Gasteiger charge is 2.31. The van der Waals surface area contributed by atoms with Gasteiger partial charge in [-0.3, -0.25) is 0 Å². The quantitative estimate of drug-likeness (QED) is 0.447. The second-order valence-corrected chi connectivity index (χ2v) is 8.24. The van der Waals surface area contributed by atoms with Crippen LogP contribution < -0.4 is 0 Å². The van der Waals surface area contributed by atoms with Gasteiger partial charge < -0.3 is 4.98 Å². The number of benzene rings is 2. The van der Waals surface area contributed by atoms with Crippen molar-refractivity contribution in [2.75, 3.05) is 0 Å². The Morgan fingerprint density at radius 2 is 1.66 bits per heavy atom. The number of aliphatic imine (C=N–C) groups is 1. The zero-order chi connectivity index (χ0) is 20.3. The van der Waals surface area contributed by atoms with Gasteiger partial charge in [-0.25, -0.2) is 4.99 Å². The van der Waals surface area contributed by atoms with Gasteiger partial charge in [-0.15, -0.1) is 0 Å². The number of aromatic amines is 1. The molecule has 0 saturated carbocycles. The van der Waals surface area contributed by atoms with Crippen LogP contribution in [0.25, 0.3) is 22.3 Å². The molecular weight excluding hydrogens is 352 g/mol. The van der Waals surface area contributed by atoms with Crippen molar-refractivity contribution in [2.24, 2.45) is 16.3 Å². The maximum absolute atomic E-state index is 4.79. The minimum atomic E-state index is 0.0359. The molecule has 2 heteroatoms. The van der Waals surface area contributed by atoms with Gasteiger partial charge in [-0.05, 0) is 35.4 Å². The van der Waals surface area contributed by atoms with Crippen LogP contribution in [0.2, 0.25) is 0 Å². The summed E-state index contributed by atoms with van der Waals surface area (Å²) in [7, 11) is 0. The second-order valence-electron chi connectivity index (χ2n) is 8.24. The predicted molar refractivity (Wildman–Crippen MR) is 125 cm³/mol. The Balaban J connectivity index is 1.72. The Morgan fingerprint density at radius 3 is 2.41 bits per heavy atom. The van der Waals surface area contributed by atoms with Crippen molar-refractivity contribution in [1.29, 1.82) is 0 Å². The van der Waals surface area contributed by atoms with E-state index in [1.165, 1.54) is 27.8 Å². The summed E-state index contributed by atoms with van der Waals surface area (Å²) in [5.74, 6) is 1.35. The zero-order valence-corrected chi connectivity index (χ0v) is 17.4. The number of allylic oxidation sites excluding steroid dienone is 4. The molecule has 1 atom stereocenters. The van der Waals surface area contributed by atoms with E-state index in [1.54, 1.807) is 0 Å². The first-order valence-electron chi connectivity index (χ1n) is 10.3. The lowest BCUT2D eigenvalue weighted by Crippen LogP contribution is -2.26. The molecule has 1 aromatic heterocycles. The molecular formula is C27H28N2. The second kappa shape index (κ2) is 8.08. The number of hydrogen-bond acceptors (Lipinski definition) is 1. The first-order valence-corrected chi connectivity index (χ1v) is 10.3. The summed E-state index contributed by atoms with van der Waals surface area (Å²) in [6, 6.07) is 19.3. The Labute approximate surface area is 173 Å². The average molecular weight is 381 g/mol. The van der Waals surface area contributed by atoms with Gasteiger partial charge in [0.2, 0.25) is 0 Å². The molecule has 0 spiro atoms. The van der Waals surface area contributed by atoms with E-state index in [-0.39, 0.29) is 5.41 Å². The third kappa shape index (κ3) is 3.88. The number of H-pyrrole nitrogens is 1. The van der Waals surface area contributed by atoms with Crippen molar-refractivity contribution in [1.82, 2.24) is 4.98 Å². The molecule has 0 bridgehead atoms. The lowest BCUT2D eigenvalue weighted by Gasteiger charge is -2.31. The van der Waals surface area contributed by atoms with Crippen LogP contribution in [0, 0.1) is 11.3 Å². The normalized spacial score (nSPS) is 16.6. The van der Waals surface area contributed by atoms with Crippen molar-refractivity contribution < 1.29 is 0 Å². The van der Waals surface area contributed by atoms with E-state index in [0.29, 0.717) is 5.92 Å². The van der Waals surface area contributed by atoms with Crippen LogP contribution in [0.15, 0.2) is 90.1 Å². The molecule has 3 aromatic rings. The molecule has 4 rings (SSSR count). The largest absolute Gasteiger partial charge is 0.346 e. The van der Waals surface area contributed by atoms with Gasteiger partial charge in [-0.1, -0.05) is 92.7 Å². The third-order valence-electron chi connectivity index (χ3n) is 5.86. The van der Waals surface area contributed by atoms with Crippen molar-refractivity contribution in [2.45, 2.75) is 27.2 Å². The number of aromatic nitrogens is 1. The van der Waals surface area contributed by atoms with Crippen molar-refractivity contribution in [3.8, 4) is 22.3 Å². The summed E-state index contributed by atoms with van der Waals surface area (Å²) in [6.07, 6.45) is 13.8. The lowest BCUT2D eigenvalue weighted by atomic mass is 9.74. The number of nitrogens with one attached hydrogen (secondary N) is 1. The molecule has 0 aliphatic carbocycles. The minimum Gasteiger partial charge on any atom is -0.346 e. The van der Waals surface area contributed by atoms with Crippen LogP contribution >= 0.6 is 0 Å². The van der Waals surface area contributed by atoms with Crippen molar-refractivity contribution in [3.05, 3.63) is 90.7 Å². The summed E-state index contributed by atoms with van der Waals surface area (Å²) in [5, 5.41) is 0. The summed E-state index contributed by atoms with van der Waals surface area (Å²) < 4.78 is 0.